The van der Waals surface area contributed by atoms with E-state index in [0.29, 0.717) is 12.8 Å². The number of hydrogen-bond acceptors (Lipinski definition) is 34. The van der Waals surface area contributed by atoms with Gasteiger partial charge in [-0.15, -0.1) is 0 Å². The van der Waals surface area contributed by atoms with E-state index in [1.165, 1.54) is 0 Å². The van der Waals surface area contributed by atoms with Crippen LogP contribution in [0.15, 0.2) is 0 Å². The molecule has 0 unspecified atom stereocenters. The highest BCUT2D eigenvalue weighted by molar-refractivity contribution is 5.71. The average Bonchev–Trinajstić information content (AvgIpc) is 0.767. The van der Waals surface area contributed by atoms with Crippen molar-refractivity contribution < 1.29 is 162 Å². The minimum Gasteiger partial charge on any atom is -0.463 e. The summed E-state index contributed by atoms with van der Waals surface area (Å²) in [4.78, 5) is 168. The van der Waals surface area contributed by atoms with E-state index in [2.05, 4.69) is 0 Å². The first-order chi connectivity index (χ1) is 43.3. The normalized spacial score (nSPS) is 30.9. The zero-order valence-corrected chi connectivity index (χ0v) is 53.7. The van der Waals surface area contributed by atoms with Gasteiger partial charge >= 0.3 is 77.6 Å². The summed E-state index contributed by atoms with van der Waals surface area (Å²) >= 11 is 0. The van der Waals surface area contributed by atoms with Crippen LogP contribution in [0.5, 0.6) is 0 Å². The van der Waals surface area contributed by atoms with Crippen LogP contribution in [0.2, 0.25) is 0 Å². The number of carbonyl (C=O) groups is 13. The lowest BCUT2D eigenvalue weighted by atomic mass is 9.94. The minimum atomic E-state index is -2.29. The second-order valence-electron chi connectivity index (χ2n) is 21.5. The molecule has 4 rings (SSSR count). The Hall–Kier alpha value is -7.21. The molecule has 0 aromatic heterocycles. The monoisotopic (exact) mass is 1320 g/mol. The van der Waals surface area contributed by atoms with Crippen LogP contribution in [0.1, 0.15) is 135 Å². The van der Waals surface area contributed by atoms with Gasteiger partial charge in [-0.1, -0.05) is 39.0 Å². The van der Waals surface area contributed by atoms with Crippen LogP contribution in [0.3, 0.4) is 0 Å². The maximum absolute atomic E-state index is 13.6. The molecule has 0 aromatic carbocycles. The quantitative estimate of drug-likeness (QED) is 0.0532. The highest BCUT2D eigenvalue weighted by Crippen LogP contribution is 2.40. The number of esters is 13. The van der Waals surface area contributed by atoms with Gasteiger partial charge < -0.3 is 99.5 Å². The van der Waals surface area contributed by atoms with E-state index >= 15 is 0 Å². The second kappa shape index (κ2) is 37.5. The molecule has 520 valence electrons. The number of rotatable bonds is 31. The van der Waals surface area contributed by atoms with Crippen molar-refractivity contribution in [2.24, 2.45) is 0 Å². The van der Waals surface area contributed by atoms with Crippen LogP contribution in [0.25, 0.3) is 0 Å². The Balaban J connectivity index is 2.07. The summed E-state index contributed by atoms with van der Waals surface area (Å²) in [5.74, 6) is -13.1. The van der Waals surface area contributed by atoms with Crippen LogP contribution < -0.4 is 0 Å². The van der Waals surface area contributed by atoms with Crippen molar-refractivity contribution >= 4 is 77.6 Å². The Morgan fingerprint density at radius 1 is 0.250 bits per heavy atom. The predicted molar refractivity (Wildman–Crippen MR) is 295 cm³/mol. The predicted octanol–water partition coefficient (Wildman–Crippen LogP) is 1.06. The molecule has 4 aliphatic heterocycles. The van der Waals surface area contributed by atoms with Gasteiger partial charge in [-0.2, -0.15) is 0 Å². The Kier molecular flexibility index (Phi) is 31.5. The molecule has 34 nitrogen and oxygen atoms in total. The van der Waals surface area contributed by atoms with Gasteiger partial charge in [0.15, 0.2) is 86.2 Å². The van der Waals surface area contributed by atoms with E-state index in [0.717, 1.165) is 116 Å². The maximum Gasteiger partial charge on any atom is 0.303 e. The standard InChI is InChI=1S/C58H84O34/c1-15-16-17-18-19-20-21-72-55-51(47(81-34(10)67)43(77-30(6)63)39(86-55)22-73-26(2)59)92-58-54(85-38(14)71)50(46(80-33(9)66)42(89-58)25-76-29(5)62)91-57-53(84-37(13)70)49(45(79-32(8)65)41(88-57)24-75-28(4)61)90-56-52(83-36(12)69)48(82-35(11)68)44(78-31(7)64)40(87-56)23-74-27(3)60/h39-58H,15-25H2,1-14H3/t39-,40-,41-,42-,43-,44-,45-,46-,47+,48+,49+,50+,51+,52+,53+,54+,55+,56-,57-,58-/m1/s1. The Labute approximate surface area is 529 Å². The Morgan fingerprint density at radius 3 is 0.772 bits per heavy atom. The first-order valence-corrected chi connectivity index (χ1v) is 29.6. The van der Waals surface area contributed by atoms with Crippen LogP contribution >= 0.6 is 0 Å². The lowest BCUT2D eigenvalue weighted by Gasteiger charge is -2.51. The van der Waals surface area contributed by atoms with Crippen molar-refractivity contribution in [2.75, 3.05) is 33.0 Å². The Bertz CT molecular complexity index is 2550. The molecular formula is C58H84O34. The summed E-state index contributed by atoms with van der Waals surface area (Å²) in [7, 11) is 0. The van der Waals surface area contributed by atoms with E-state index in [-0.39, 0.29) is 6.61 Å². The third-order valence-corrected chi connectivity index (χ3v) is 13.5. The van der Waals surface area contributed by atoms with Gasteiger partial charge in [0, 0.05) is 96.6 Å². The van der Waals surface area contributed by atoms with Crippen LogP contribution in [-0.2, 0) is 162 Å². The van der Waals surface area contributed by atoms with Gasteiger partial charge in [-0.3, -0.25) is 62.3 Å². The van der Waals surface area contributed by atoms with Crippen molar-refractivity contribution in [3.8, 4) is 0 Å². The third-order valence-electron chi connectivity index (χ3n) is 13.5. The number of hydrogen-bond donors (Lipinski definition) is 0. The molecule has 34 heteroatoms. The van der Waals surface area contributed by atoms with Crippen LogP contribution in [0.4, 0.5) is 0 Å². The van der Waals surface area contributed by atoms with Gasteiger partial charge in [-0.05, 0) is 6.42 Å². The van der Waals surface area contributed by atoms with E-state index < -0.39 is 227 Å². The summed E-state index contributed by atoms with van der Waals surface area (Å²) in [5, 5.41) is 0. The summed E-state index contributed by atoms with van der Waals surface area (Å²) in [6, 6.07) is 0. The molecule has 4 fully saturated rings. The summed E-state index contributed by atoms with van der Waals surface area (Å²) in [6.07, 6.45) is -33.7. The minimum absolute atomic E-state index is 0.0591. The zero-order valence-electron chi connectivity index (χ0n) is 53.7. The van der Waals surface area contributed by atoms with Gasteiger partial charge in [-0.25, -0.2) is 0 Å². The molecule has 0 saturated carbocycles. The largest absolute Gasteiger partial charge is 0.463 e. The highest BCUT2D eigenvalue weighted by Gasteiger charge is 2.62. The molecule has 0 radical (unpaired) electrons. The molecule has 0 aromatic rings. The third kappa shape index (κ3) is 24.7. The van der Waals surface area contributed by atoms with Crippen molar-refractivity contribution in [1.82, 2.24) is 0 Å². The molecule has 92 heavy (non-hydrogen) atoms. The molecule has 4 heterocycles. The SMILES string of the molecule is CCCCCCCCO[C@H]1O[C@H](COC(C)=O)[C@@H](OC(C)=O)[C@H](OC(C)=O)[C@@H]1O[C@H]1O[C@H](COC(C)=O)[C@@H](OC(C)=O)[C@H](O[C@H]2O[C@H](COC(C)=O)[C@@H](OC(C)=O)[C@H](O[C@H]3O[C@H](COC(C)=O)[C@@H](OC(C)=O)[C@H](OC(C)=O)[C@@H]3OC(C)=O)[C@@H]2OC(C)=O)[C@@H]1OC(C)=O. The van der Waals surface area contributed by atoms with E-state index in [1.54, 1.807) is 0 Å². The summed E-state index contributed by atoms with van der Waals surface area (Å²) in [5.41, 5.74) is 0. The van der Waals surface area contributed by atoms with Crippen LogP contribution in [0, 0.1) is 0 Å². The van der Waals surface area contributed by atoms with Crippen molar-refractivity contribution in [1.29, 1.82) is 0 Å². The highest BCUT2D eigenvalue weighted by atomic mass is 16.8. The van der Waals surface area contributed by atoms with Crippen molar-refractivity contribution in [3.63, 3.8) is 0 Å². The molecule has 4 saturated heterocycles. The fourth-order valence-electron chi connectivity index (χ4n) is 10.2. The molecule has 0 spiro atoms. The fourth-order valence-corrected chi connectivity index (χ4v) is 10.2. The van der Waals surface area contributed by atoms with E-state index in [1.807, 2.05) is 6.92 Å². The van der Waals surface area contributed by atoms with Gasteiger partial charge in [0.25, 0.3) is 0 Å². The topological polar surface area (TPSA) is 416 Å². The van der Waals surface area contributed by atoms with Crippen molar-refractivity contribution in [2.45, 2.75) is 258 Å². The number of unbranched alkanes of at least 4 members (excludes halogenated alkanes) is 5. The molecule has 0 aliphatic carbocycles. The zero-order chi connectivity index (χ0) is 68.7. The van der Waals surface area contributed by atoms with E-state index in [4.69, 9.17) is 99.5 Å². The first-order valence-electron chi connectivity index (χ1n) is 29.6. The van der Waals surface area contributed by atoms with Gasteiger partial charge in [0.2, 0.25) is 0 Å². The summed E-state index contributed by atoms with van der Waals surface area (Å²) in [6.45, 7) is 11.5. The molecular weight excluding hydrogens is 1240 g/mol. The smallest absolute Gasteiger partial charge is 0.303 e. The van der Waals surface area contributed by atoms with E-state index in [9.17, 15) is 62.3 Å². The summed E-state index contributed by atoms with van der Waals surface area (Å²) < 4.78 is 125. The van der Waals surface area contributed by atoms with Crippen LogP contribution in [-0.4, -0.2) is 233 Å². The van der Waals surface area contributed by atoms with Gasteiger partial charge in [0.1, 0.15) is 63.1 Å². The fraction of sp³-hybridized carbons (Fsp3) is 0.776. The molecule has 20 atom stereocenters. The maximum atomic E-state index is 13.6. The van der Waals surface area contributed by atoms with Crippen molar-refractivity contribution in [3.05, 3.63) is 0 Å². The molecule has 0 bridgehead atoms. The second-order valence-corrected chi connectivity index (χ2v) is 21.5. The van der Waals surface area contributed by atoms with Gasteiger partial charge in [0.05, 0.1) is 0 Å². The molecule has 0 N–H and O–H groups in total. The number of ether oxygens (including phenoxy) is 21. The first kappa shape index (κ1) is 77.2. The molecule has 0 amide bonds. The number of carbonyl (C=O) groups excluding carboxylic acids is 13. The lowest BCUT2D eigenvalue weighted by molar-refractivity contribution is -0.393. The average molecular weight is 1330 g/mol. The molecule has 4 aliphatic rings. The Morgan fingerprint density at radius 2 is 0.478 bits per heavy atom. The lowest BCUT2D eigenvalue weighted by Crippen LogP contribution is -2.70.